The van der Waals surface area contributed by atoms with Crippen molar-refractivity contribution >= 4 is 21.9 Å². The van der Waals surface area contributed by atoms with Gasteiger partial charge in [-0.25, -0.2) is 0 Å². The molecule has 1 rings (SSSR count). The van der Waals surface area contributed by atoms with E-state index in [1.165, 1.54) is 0 Å². The van der Waals surface area contributed by atoms with Gasteiger partial charge in [-0.3, -0.25) is 4.79 Å². The molecular weight excluding hydrogens is 234 g/mol. The highest BCUT2D eigenvalue weighted by Crippen LogP contribution is 2.16. The molecule has 3 N–H and O–H groups in total. The lowest BCUT2D eigenvalue weighted by Gasteiger charge is -2.05. The first-order chi connectivity index (χ1) is 6.13. The molecule has 70 valence electrons. The van der Waals surface area contributed by atoms with Crippen LogP contribution in [0.3, 0.4) is 0 Å². The van der Waals surface area contributed by atoms with Gasteiger partial charge in [0.1, 0.15) is 0 Å². The number of nitrogens with two attached hydrogens (primary N) is 1. The van der Waals surface area contributed by atoms with Crippen LogP contribution in [0.5, 0.6) is 0 Å². The molecule has 0 aliphatic heterocycles. The molecule has 1 aromatic rings. The number of hydrogen-bond donors (Lipinski definition) is 2. The Morgan fingerprint density at radius 2 is 2.15 bits per heavy atom. The van der Waals surface area contributed by atoms with Crippen LogP contribution in [0.25, 0.3) is 0 Å². The van der Waals surface area contributed by atoms with E-state index in [2.05, 4.69) is 15.9 Å². The minimum Gasteiger partial charge on any atom is -0.481 e. The molecule has 0 radical (unpaired) electrons. The van der Waals surface area contributed by atoms with Gasteiger partial charge in [-0.05, 0) is 23.3 Å². The van der Waals surface area contributed by atoms with Gasteiger partial charge in [-0.1, -0.05) is 22.0 Å². The average Bonchev–Trinajstić information content (AvgIpc) is 2.07. The zero-order chi connectivity index (χ0) is 9.84. The standard InChI is InChI=1S/C9H10BrNO2/c10-8-2-1-6(4-9(12)13)7(3-8)5-11/h1-3H,4-5,11H2,(H,12,13). The van der Waals surface area contributed by atoms with E-state index < -0.39 is 5.97 Å². The van der Waals surface area contributed by atoms with Crippen LogP contribution >= 0.6 is 15.9 Å². The minimum atomic E-state index is -0.836. The molecule has 13 heavy (non-hydrogen) atoms. The number of carbonyl (C=O) groups is 1. The van der Waals surface area contributed by atoms with Gasteiger partial charge in [-0.15, -0.1) is 0 Å². The molecular formula is C9H10BrNO2. The van der Waals surface area contributed by atoms with Crippen LogP contribution in [0.1, 0.15) is 11.1 Å². The summed E-state index contributed by atoms with van der Waals surface area (Å²) in [6.07, 6.45) is 0.0276. The summed E-state index contributed by atoms with van der Waals surface area (Å²) in [6, 6.07) is 5.44. The molecule has 0 amide bonds. The van der Waals surface area contributed by atoms with Gasteiger partial charge in [0.2, 0.25) is 0 Å². The third-order valence-electron chi connectivity index (χ3n) is 1.73. The fourth-order valence-corrected chi connectivity index (χ4v) is 1.53. The summed E-state index contributed by atoms with van der Waals surface area (Å²) in [5.41, 5.74) is 7.13. The fourth-order valence-electron chi connectivity index (χ4n) is 1.12. The van der Waals surface area contributed by atoms with E-state index in [9.17, 15) is 4.79 Å². The van der Waals surface area contributed by atoms with Crippen LogP contribution in [0.15, 0.2) is 22.7 Å². The molecule has 0 aromatic heterocycles. The van der Waals surface area contributed by atoms with Crippen LogP contribution < -0.4 is 5.73 Å². The van der Waals surface area contributed by atoms with Crippen molar-refractivity contribution in [2.24, 2.45) is 5.73 Å². The maximum atomic E-state index is 10.5. The Bertz CT molecular complexity index is 325. The van der Waals surface area contributed by atoms with Crippen molar-refractivity contribution in [2.75, 3.05) is 0 Å². The molecule has 0 unspecified atom stereocenters. The van der Waals surface area contributed by atoms with Crippen LogP contribution in [0.4, 0.5) is 0 Å². The van der Waals surface area contributed by atoms with E-state index in [0.717, 1.165) is 15.6 Å². The number of halogens is 1. The van der Waals surface area contributed by atoms with E-state index in [4.69, 9.17) is 10.8 Å². The first-order valence-electron chi connectivity index (χ1n) is 3.82. The highest BCUT2D eigenvalue weighted by Gasteiger charge is 2.05. The normalized spacial score (nSPS) is 10.0. The lowest BCUT2D eigenvalue weighted by molar-refractivity contribution is -0.136. The Hall–Kier alpha value is -0.870. The number of carboxylic acid groups (broad SMARTS) is 1. The third kappa shape index (κ3) is 2.82. The topological polar surface area (TPSA) is 63.3 Å². The molecule has 1 aromatic carbocycles. The number of carboxylic acids is 1. The van der Waals surface area contributed by atoms with Gasteiger partial charge in [0, 0.05) is 11.0 Å². The molecule has 0 saturated carbocycles. The maximum Gasteiger partial charge on any atom is 0.307 e. The van der Waals surface area contributed by atoms with E-state index in [-0.39, 0.29) is 6.42 Å². The Morgan fingerprint density at radius 1 is 1.46 bits per heavy atom. The molecule has 0 saturated heterocycles. The number of hydrogen-bond acceptors (Lipinski definition) is 2. The number of benzene rings is 1. The van der Waals surface area contributed by atoms with Crippen molar-refractivity contribution in [3.05, 3.63) is 33.8 Å². The van der Waals surface area contributed by atoms with Gasteiger partial charge >= 0.3 is 5.97 Å². The van der Waals surface area contributed by atoms with Crippen LogP contribution in [-0.2, 0) is 17.8 Å². The van der Waals surface area contributed by atoms with Crippen LogP contribution in [0.2, 0.25) is 0 Å². The van der Waals surface area contributed by atoms with E-state index in [1.54, 1.807) is 6.07 Å². The largest absolute Gasteiger partial charge is 0.481 e. The Labute approximate surface area is 84.7 Å². The third-order valence-corrected chi connectivity index (χ3v) is 2.22. The second-order valence-corrected chi connectivity index (χ2v) is 3.60. The molecule has 4 heteroatoms. The average molecular weight is 244 g/mol. The second kappa shape index (κ2) is 4.39. The minimum absolute atomic E-state index is 0.0276. The summed E-state index contributed by atoms with van der Waals surface area (Å²) in [5, 5.41) is 8.60. The summed E-state index contributed by atoms with van der Waals surface area (Å²) in [6.45, 7) is 0.363. The predicted molar refractivity (Wildman–Crippen MR) is 53.4 cm³/mol. The Kier molecular flexibility index (Phi) is 3.45. The smallest absolute Gasteiger partial charge is 0.307 e. The monoisotopic (exact) mass is 243 g/mol. The highest BCUT2D eigenvalue weighted by atomic mass is 79.9. The summed E-state index contributed by atoms with van der Waals surface area (Å²) in [7, 11) is 0. The molecule has 0 bridgehead atoms. The maximum absolute atomic E-state index is 10.5. The first kappa shape index (κ1) is 10.2. The summed E-state index contributed by atoms with van der Waals surface area (Å²) >= 11 is 3.30. The molecule has 0 spiro atoms. The van der Waals surface area contributed by atoms with Crippen LogP contribution in [-0.4, -0.2) is 11.1 Å². The number of rotatable bonds is 3. The quantitative estimate of drug-likeness (QED) is 0.847. The lowest BCUT2D eigenvalue weighted by atomic mass is 10.1. The van der Waals surface area contributed by atoms with Crippen molar-refractivity contribution in [1.29, 1.82) is 0 Å². The van der Waals surface area contributed by atoms with Crippen molar-refractivity contribution in [3.63, 3.8) is 0 Å². The molecule has 0 aliphatic rings. The van der Waals surface area contributed by atoms with Gasteiger partial charge < -0.3 is 10.8 Å². The predicted octanol–water partition coefficient (Wildman–Crippen LogP) is 1.53. The van der Waals surface area contributed by atoms with E-state index in [0.29, 0.717) is 6.54 Å². The van der Waals surface area contributed by atoms with Gasteiger partial charge in [-0.2, -0.15) is 0 Å². The Morgan fingerprint density at radius 3 is 2.69 bits per heavy atom. The summed E-state index contributed by atoms with van der Waals surface area (Å²) in [4.78, 5) is 10.5. The van der Waals surface area contributed by atoms with Crippen molar-refractivity contribution in [1.82, 2.24) is 0 Å². The lowest BCUT2D eigenvalue weighted by Crippen LogP contribution is -2.06. The Balaban J connectivity index is 2.99. The second-order valence-electron chi connectivity index (χ2n) is 2.69. The molecule has 3 nitrogen and oxygen atoms in total. The van der Waals surface area contributed by atoms with Crippen molar-refractivity contribution < 1.29 is 9.90 Å². The first-order valence-corrected chi connectivity index (χ1v) is 4.62. The summed E-state index contributed by atoms with van der Waals surface area (Å²) < 4.78 is 0.919. The van der Waals surface area contributed by atoms with Crippen molar-refractivity contribution in [2.45, 2.75) is 13.0 Å². The molecule has 0 aliphatic carbocycles. The van der Waals surface area contributed by atoms with Gasteiger partial charge in [0.05, 0.1) is 6.42 Å². The molecule has 0 atom stereocenters. The van der Waals surface area contributed by atoms with Gasteiger partial charge in [0.25, 0.3) is 0 Å². The summed E-state index contributed by atoms with van der Waals surface area (Å²) in [5.74, 6) is -0.836. The highest BCUT2D eigenvalue weighted by molar-refractivity contribution is 9.10. The zero-order valence-electron chi connectivity index (χ0n) is 6.96. The van der Waals surface area contributed by atoms with Gasteiger partial charge in [0.15, 0.2) is 0 Å². The van der Waals surface area contributed by atoms with E-state index in [1.807, 2.05) is 12.1 Å². The molecule has 0 fully saturated rings. The number of aliphatic carboxylic acids is 1. The van der Waals surface area contributed by atoms with Crippen molar-refractivity contribution in [3.8, 4) is 0 Å². The van der Waals surface area contributed by atoms with Crippen LogP contribution in [0, 0.1) is 0 Å². The SMILES string of the molecule is NCc1cc(Br)ccc1CC(=O)O. The zero-order valence-corrected chi connectivity index (χ0v) is 8.54. The molecule has 0 heterocycles. The fraction of sp³-hybridized carbons (Fsp3) is 0.222. The van der Waals surface area contributed by atoms with E-state index >= 15 is 0 Å².